The molecule has 0 aliphatic heterocycles. The summed E-state index contributed by atoms with van der Waals surface area (Å²) in [6.07, 6.45) is 1.62. The Labute approximate surface area is 179 Å². The zero-order valence-electron chi connectivity index (χ0n) is 17.8. The lowest BCUT2D eigenvalue weighted by molar-refractivity contribution is -0.116. The molecule has 0 atom stereocenters. The number of amides is 3. The minimum atomic E-state index is -0.586. The van der Waals surface area contributed by atoms with Crippen LogP contribution in [0.5, 0.6) is 0 Å². The molecule has 0 unspecified atom stereocenters. The molecule has 3 N–H and O–H groups in total. The molecular weight excluding hydrogens is 400 g/mol. The van der Waals surface area contributed by atoms with Crippen LogP contribution in [0.25, 0.3) is 5.65 Å². The third-order valence-corrected chi connectivity index (χ3v) is 5.06. The molecule has 0 aliphatic rings. The van der Waals surface area contributed by atoms with Crippen LogP contribution in [0.1, 0.15) is 33.7 Å². The first-order valence-electron chi connectivity index (χ1n) is 9.58. The Morgan fingerprint density at radius 1 is 1.19 bits per heavy atom. The van der Waals surface area contributed by atoms with Gasteiger partial charge in [-0.2, -0.15) is 5.10 Å². The van der Waals surface area contributed by atoms with Gasteiger partial charge in [0.25, 0.3) is 5.91 Å². The van der Waals surface area contributed by atoms with Crippen LogP contribution in [0.4, 0.5) is 16.2 Å². The van der Waals surface area contributed by atoms with E-state index in [4.69, 9.17) is 5.73 Å². The fourth-order valence-corrected chi connectivity index (χ4v) is 3.32. The molecule has 0 saturated carbocycles. The Morgan fingerprint density at radius 3 is 2.48 bits per heavy atom. The van der Waals surface area contributed by atoms with Crippen molar-refractivity contribution in [2.24, 2.45) is 5.73 Å². The van der Waals surface area contributed by atoms with Crippen molar-refractivity contribution in [3.05, 3.63) is 53.0 Å². The van der Waals surface area contributed by atoms with Gasteiger partial charge in [0, 0.05) is 36.2 Å². The predicted octanol–water partition coefficient (Wildman–Crippen LogP) is 2.22. The van der Waals surface area contributed by atoms with Crippen LogP contribution in [0, 0.1) is 13.8 Å². The van der Waals surface area contributed by atoms with Gasteiger partial charge in [0.15, 0.2) is 5.65 Å². The zero-order chi connectivity index (χ0) is 22.7. The molecule has 3 rings (SSSR count). The Bertz CT molecular complexity index is 1150. The molecule has 2 heterocycles. The van der Waals surface area contributed by atoms with Crippen LogP contribution >= 0.6 is 0 Å². The molecule has 0 radical (unpaired) electrons. The first-order chi connectivity index (χ1) is 14.7. The standard InChI is InChI=1S/C21H24N6O4/c1-12-16(13(2)27-20(24-12)17(11-23-27)19(22)29)9-10-18(28)25-14-5-7-15(8-6-14)26(3)21(30)31-4/h5-8,11H,9-10H2,1-4H3,(H2,22,29)(H,25,28). The van der Waals surface area contributed by atoms with Crippen molar-refractivity contribution in [1.29, 1.82) is 0 Å². The lowest BCUT2D eigenvalue weighted by Crippen LogP contribution is -2.25. The monoisotopic (exact) mass is 424 g/mol. The number of carbonyl (C=O) groups is 3. The number of rotatable bonds is 6. The normalized spacial score (nSPS) is 10.7. The summed E-state index contributed by atoms with van der Waals surface area (Å²) < 4.78 is 6.24. The van der Waals surface area contributed by atoms with Crippen molar-refractivity contribution in [2.45, 2.75) is 26.7 Å². The van der Waals surface area contributed by atoms with Crippen LogP contribution in [-0.2, 0) is 16.0 Å². The Kier molecular flexibility index (Phi) is 6.19. The number of aromatic nitrogens is 3. The first-order valence-corrected chi connectivity index (χ1v) is 9.58. The van der Waals surface area contributed by atoms with Crippen molar-refractivity contribution in [1.82, 2.24) is 14.6 Å². The summed E-state index contributed by atoms with van der Waals surface area (Å²) in [7, 11) is 2.91. The molecule has 2 aromatic heterocycles. The number of anilines is 2. The van der Waals surface area contributed by atoms with Crippen LogP contribution in [-0.4, -0.2) is 46.7 Å². The number of ether oxygens (including phenoxy) is 1. The number of methoxy groups -OCH3 is 1. The number of nitrogens with two attached hydrogens (primary N) is 1. The highest BCUT2D eigenvalue weighted by Gasteiger charge is 2.17. The van der Waals surface area contributed by atoms with Gasteiger partial charge in [0.1, 0.15) is 5.56 Å². The predicted molar refractivity (Wildman–Crippen MR) is 115 cm³/mol. The summed E-state index contributed by atoms with van der Waals surface area (Å²) in [6.45, 7) is 3.69. The molecule has 10 heteroatoms. The number of nitrogens with zero attached hydrogens (tertiary/aromatic N) is 4. The van der Waals surface area contributed by atoms with E-state index < -0.39 is 12.0 Å². The van der Waals surface area contributed by atoms with Crippen LogP contribution < -0.4 is 16.0 Å². The van der Waals surface area contributed by atoms with E-state index in [0.717, 1.165) is 17.0 Å². The Balaban J connectivity index is 1.68. The van der Waals surface area contributed by atoms with Crippen LogP contribution in [0.15, 0.2) is 30.5 Å². The quantitative estimate of drug-likeness (QED) is 0.624. The van der Waals surface area contributed by atoms with Crippen molar-refractivity contribution in [2.75, 3.05) is 24.4 Å². The number of fused-ring (bicyclic) bond motifs is 1. The summed E-state index contributed by atoms with van der Waals surface area (Å²) >= 11 is 0. The van der Waals surface area contributed by atoms with Gasteiger partial charge in [0.2, 0.25) is 5.91 Å². The molecule has 1 aromatic carbocycles. The van der Waals surface area contributed by atoms with E-state index in [1.165, 1.54) is 18.2 Å². The molecule has 3 amide bonds. The third kappa shape index (κ3) is 4.47. The van der Waals surface area contributed by atoms with Crippen LogP contribution in [0.2, 0.25) is 0 Å². The minimum absolute atomic E-state index is 0.161. The molecule has 10 nitrogen and oxygen atoms in total. The highest BCUT2D eigenvalue weighted by atomic mass is 16.5. The van der Waals surface area contributed by atoms with E-state index >= 15 is 0 Å². The van der Waals surface area contributed by atoms with Gasteiger partial charge in [-0.3, -0.25) is 14.5 Å². The Hall–Kier alpha value is -3.95. The van der Waals surface area contributed by atoms with Gasteiger partial charge in [-0.05, 0) is 50.1 Å². The summed E-state index contributed by atoms with van der Waals surface area (Å²) in [6, 6.07) is 6.86. The molecular formula is C21H24N6O4. The number of aryl methyl sites for hydroxylation is 2. The average Bonchev–Trinajstić information content (AvgIpc) is 3.17. The van der Waals surface area contributed by atoms with Gasteiger partial charge >= 0.3 is 6.09 Å². The number of benzene rings is 1. The maximum atomic E-state index is 12.4. The molecule has 31 heavy (non-hydrogen) atoms. The third-order valence-electron chi connectivity index (χ3n) is 5.06. The van der Waals surface area contributed by atoms with Crippen molar-refractivity contribution in [3.63, 3.8) is 0 Å². The number of hydrogen-bond donors (Lipinski definition) is 2. The molecule has 162 valence electrons. The number of hydrogen-bond acceptors (Lipinski definition) is 6. The molecule has 3 aromatic rings. The highest BCUT2D eigenvalue weighted by Crippen LogP contribution is 2.20. The fraction of sp³-hybridized carbons (Fsp3) is 0.286. The fourth-order valence-electron chi connectivity index (χ4n) is 3.32. The van der Waals surface area contributed by atoms with E-state index in [-0.39, 0.29) is 17.9 Å². The second-order valence-electron chi connectivity index (χ2n) is 7.04. The lowest BCUT2D eigenvalue weighted by atomic mass is 10.1. The Morgan fingerprint density at radius 2 is 1.87 bits per heavy atom. The van der Waals surface area contributed by atoms with E-state index in [1.807, 2.05) is 13.8 Å². The second-order valence-corrected chi connectivity index (χ2v) is 7.04. The van der Waals surface area contributed by atoms with Gasteiger partial charge in [-0.25, -0.2) is 14.3 Å². The maximum absolute atomic E-state index is 12.4. The summed E-state index contributed by atoms with van der Waals surface area (Å²) in [5.74, 6) is -0.747. The maximum Gasteiger partial charge on any atom is 0.413 e. The van der Waals surface area contributed by atoms with E-state index in [1.54, 1.807) is 35.8 Å². The molecule has 0 fully saturated rings. The molecule has 0 aliphatic carbocycles. The van der Waals surface area contributed by atoms with Gasteiger partial charge in [0.05, 0.1) is 13.3 Å². The summed E-state index contributed by atoms with van der Waals surface area (Å²) in [5, 5.41) is 7.03. The van der Waals surface area contributed by atoms with E-state index in [9.17, 15) is 14.4 Å². The topological polar surface area (TPSA) is 132 Å². The largest absolute Gasteiger partial charge is 0.452 e. The second kappa shape index (κ2) is 8.82. The SMILES string of the molecule is COC(=O)N(C)c1ccc(NC(=O)CCc2c(C)nc3c(C(N)=O)cnn3c2C)cc1. The van der Waals surface area contributed by atoms with Gasteiger partial charge < -0.3 is 15.8 Å². The average molecular weight is 424 g/mol. The van der Waals surface area contributed by atoms with E-state index in [0.29, 0.717) is 23.4 Å². The number of nitrogens with one attached hydrogen (secondary N) is 1. The lowest BCUT2D eigenvalue weighted by Gasteiger charge is -2.16. The first kappa shape index (κ1) is 21.8. The van der Waals surface area contributed by atoms with Crippen LogP contribution in [0.3, 0.4) is 0 Å². The van der Waals surface area contributed by atoms with Gasteiger partial charge in [-0.15, -0.1) is 0 Å². The molecule has 0 saturated heterocycles. The highest BCUT2D eigenvalue weighted by molar-refractivity contribution is 5.98. The number of primary amides is 1. The van der Waals surface area contributed by atoms with Crippen molar-refractivity contribution in [3.8, 4) is 0 Å². The van der Waals surface area contributed by atoms with Gasteiger partial charge in [-0.1, -0.05) is 0 Å². The summed E-state index contributed by atoms with van der Waals surface area (Å²) in [4.78, 5) is 41.3. The molecule has 0 spiro atoms. The number of carbonyl (C=O) groups excluding carboxylic acids is 3. The van der Waals surface area contributed by atoms with Crippen molar-refractivity contribution >= 4 is 34.9 Å². The van der Waals surface area contributed by atoms with Crippen molar-refractivity contribution < 1.29 is 19.1 Å². The zero-order valence-corrected chi connectivity index (χ0v) is 17.8. The van der Waals surface area contributed by atoms with E-state index in [2.05, 4.69) is 20.1 Å². The minimum Gasteiger partial charge on any atom is -0.452 e. The molecule has 0 bridgehead atoms. The smallest absolute Gasteiger partial charge is 0.413 e. The summed E-state index contributed by atoms with van der Waals surface area (Å²) in [5.41, 5.74) is 9.71.